The average molecular weight is 417 g/mol. The topological polar surface area (TPSA) is 55.1 Å². The first-order chi connectivity index (χ1) is 9.63. The third-order valence-electron chi connectivity index (χ3n) is 2.71. The molecule has 0 aliphatic heterocycles. The van der Waals surface area contributed by atoms with Gasteiger partial charge in [-0.3, -0.25) is 4.40 Å². The summed E-state index contributed by atoms with van der Waals surface area (Å²) >= 11 is 12.8. The van der Waals surface area contributed by atoms with Crippen molar-refractivity contribution >= 4 is 54.8 Å². The minimum Gasteiger partial charge on any atom is -0.377 e. The zero-order valence-electron chi connectivity index (χ0n) is 10.0. The fourth-order valence-electron chi connectivity index (χ4n) is 1.78. The van der Waals surface area contributed by atoms with Crippen molar-refractivity contribution in [2.24, 2.45) is 0 Å². The highest BCUT2D eigenvalue weighted by molar-refractivity contribution is 9.10. The number of aromatic nitrogens is 4. The lowest BCUT2D eigenvalue weighted by Gasteiger charge is -2.08. The first-order valence-electron chi connectivity index (χ1n) is 5.66. The van der Waals surface area contributed by atoms with Gasteiger partial charge in [0.2, 0.25) is 0 Å². The number of hydrogen-bond acceptors (Lipinski definition) is 4. The van der Waals surface area contributed by atoms with E-state index in [9.17, 15) is 0 Å². The van der Waals surface area contributed by atoms with E-state index < -0.39 is 0 Å². The summed E-state index contributed by atoms with van der Waals surface area (Å²) in [5.41, 5.74) is 2.56. The summed E-state index contributed by atoms with van der Waals surface area (Å²) in [7, 11) is 0. The summed E-state index contributed by atoms with van der Waals surface area (Å²) in [6.07, 6.45) is 7.04. The molecule has 0 aliphatic carbocycles. The highest BCUT2D eigenvalue weighted by Crippen LogP contribution is 2.23. The van der Waals surface area contributed by atoms with Gasteiger partial charge in [0, 0.05) is 16.9 Å². The third kappa shape index (κ3) is 2.79. The molecule has 0 saturated heterocycles. The van der Waals surface area contributed by atoms with Crippen molar-refractivity contribution in [1.29, 1.82) is 0 Å². The van der Waals surface area contributed by atoms with Gasteiger partial charge in [0.1, 0.15) is 4.60 Å². The van der Waals surface area contributed by atoms with Crippen LogP contribution in [-0.4, -0.2) is 19.4 Å². The van der Waals surface area contributed by atoms with Crippen LogP contribution in [0.3, 0.4) is 0 Å². The van der Waals surface area contributed by atoms with Gasteiger partial charge in [-0.1, -0.05) is 11.6 Å². The molecule has 0 aliphatic rings. The fraction of sp³-hybridized carbons (Fsp3) is 0.0833. The van der Waals surface area contributed by atoms with Crippen LogP contribution in [-0.2, 0) is 6.54 Å². The van der Waals surface area contributed by atoms with Crippen molar-refractivity contribution in [1.82, 2.24) is 19.4 Å². The lowest BCUT2D eigenvalue weighted by molar-refractivity contribution is 0.981. The zero-order valence-corrected chi connectivity index (χ0v) is 13.9. The Labute approximate surface area is 136 Å². The van der Waals surface area contributed by atoms with Crippen LogP contribution in [0.15, 0.2) is 39.9 Å². The number of rotatable bonds is 3. The standard InChI is InChI=1S/C12H8Br2ClN5/c13-7-1-9(12(15)19-2-7)16-3-8-4-18-11-5-17-10(14)6-20(8)11/h1-2,4-6,16H,3H2. The van der Waals surface area contributed by atoms with Crippen LogP contribution in [0.25, 0.3) is 5.65 Å². The maximum absolute atomic E-state index is 6.05. The van der Waals surface area contributed by atoms with Crippen LogP contribution >= 0.6 is 43.5 Å². The van der Waals surface area contributed by atoms with Crippen molar-refractivity contribution in [2.75, 3.05) is 5.32 Å². The largest absolute Gasteiger partial charge is 0.377 e. The second-order valence-electron chi connectivity index (χ2n) is 4.03. The van der Waals surface area contributed by atoms with Crippen LogP contribution in [0.4, 0.5) is 5.69 Å². The molecular formula is C12H8Br2ClN5. The highest BCUT2D eigenvalue weighted by Gasteiger charge is 2.06. The van der Waals surface area contributed by atoms with Crippen LogP contribution in [0.1, 0.15) is 5.69 Å². The second-order valence-corrected chi connectivity index (χ2v) is 6.12. The van der Waals surface area contributed by atoms with Crippen LogP contribution in [0.5, 0.6) is 0 Å². The van der Waals surface area contributed by atoms with E-state index in [1.54, 1.807) is 18.6 Å². The van der Waals surface area contributed by atoms with Gasteiger partial charge < -0.3 is 5.32 Å². The number of anilines is 1. The molecule has 3 aromatic heterocycles. The monoisotopic (exact) mass is 415 g/mol. The Morgan fingerprint density at radius 3 is 2.85 bits per heavy atom. The maximum Gasteiger partial charge on any atom is 0.155 e. The number of nitrogens with zero attached hydrogens (tertiary/aromatic N) is 4. The van der Waals surface area contributed by atoms with E-state index in [-0.39, 0.29) is 0 Å². The van der Waals surface area contributed by atoms with Gasteiger partial charge in [0.05, 0.1) is 30.3 Å². The Balaban J connectivity index is 1.86. The fourth-order valence-corrected chi connectivity index (χ4v) is 2.59. The molecule has 102 valence electrons. The third-order valence-corrected chi connectivity index (χ3v) is 3.85. The molecule has 0 unspecified atom stereocenters. The molecular weight excluding hydrogens is 409 g/mol. The Morgan fingerprint density at radius 2 is 2.00 bits per heavy atom. The van der Waals surface area contributed by atoms with Gasteiger partial charge in [-0.05, 0) is 37.9 Å². The molecule has 0 saturated carbocycles. The quantitative estimate of drug-likeness (QED) is 0.657. The highest BCUT2D eigenvalue weighted by atomic mass is 79.9. The van der Waals surface area contributed by atoms with E-state index in [0.717, 1.165) is 26.1 Å². The van der Waals surface area contributed by atoms with Gasteiger partial charge in [0.25, 0.3) is 0 Å². The van der Waals surface area contributed by atoms with E-state index in [2.05, 4.69) is 52.1 Å². The molecule has 0 aromatic carbocycles. The van der Waals surface area contributed by atoms with E-state index in [1.165, 1.54) is 0 Å². The van der Waals surface area contributed by atoms with E-state index in [1.807, 2.05) is 16.7 Å². The molecule has 3 rings (SSSR count). The van der Waals surface area contributed by atoms with Crippen molar-refractivity contribution in [2.45, 2.75) is 6.54 Å². The molecule has 8 heteroatoms. The van der Waals surface area contributed by atoms with Crippen molar-refractivity contribution in [3.8, 4) is 0 Å². The predicted octanol–water partition coefficient (Wildman–Crippen LogP) is 3.91. The molecule has 0 amide bonds. The Morgan fingerprint density at radius 1 is 1.15 bits per heavy atom. The van der Waals surface area contributed by atoms with E-state index in [4.69, 9.17) is 11.6 Å². The lowest BCUT2D eigenvalue weighted by Crippen LogP contribution is -2.04. The molecule has 0 bridgehead atoms. The summed E-state index contributed by atoms with van der Waals surface area (Å²) in [6, 6.07) is 1.88. The molecule has 5 nitrogen and oxygen atoms in total. The maximum atomic E-state index is 6.05. The lowest BCUT2D eigenvalue weighted by atomic mass is 10.4. The summed E-state index contributed by atoms with van der Waals surface area (Å²) in [5.74, 6) is 0. The summed E-state index contributed by atoms with van der Waals surface area (Å²) in [5, 5.41) is 3.68. The van der Waals surface area contributed by atoms with Crippen molar-refractivity contribution in [3.63, 3.8) is 0 Å². The summed E-state index contributed by atoms with van der Waals surface area (Å²) < 4.78 is 3.59. The normalized spacial score (nSPS) is 10.9. The van der Waals surface area contributed by atoms with Crippen LogP contribution < -0.4 is 5.32 Å². The molecule has 0 spiro atoms. The number of fused-ring (bicyclic) bond motifs is 1. The number of nitrogens with one attached hydrogen (secondary N) is 1. The molecule has 3 heterocycles. The van der Waals surface area contributed by atoms with Crippen molar-refractivity contribution < 1.29 is 0 Å². The molecule has 0 atom stereocenters. The number of halogens is 3. The van der Waals surface area contributed by atoms with Crippen LogP contribution in [0.2, 0.25) is 5.15 Å². The Kier molecular flexibility index (Phi) is 3.91. The number of imidazole rings is 1. The van der Waals surface area contributed by atoms with Gasteiger partial charge in [0.15, 0.2) is 10.8 Å². The number of pyridine rings is 1. The molecule has 0 fully saturated rings. The first-order valence-corrected chi connectivity index (χ1v) is 7.62. The Bertz CT molecular complexity index is 774. The van der Waals surface area contributed by atoms with Gasteiger partial charge >= 0.3 is 0 Å². The minimum atomic E-state index is 0.435. The minimum absolute atomic E-state index is 0.435. The molecule has 3 aromatic rings. The summed E-state index contributed by atoms with van der Waals surface area (Å²) in [6.45, 7) is 0.579. The van der Waals surface area contributed by atoms with Gasteiger partial charge in [-0.2, -0.15) is 0 Å². The van der Waals surface area contributed by atoms with Crippen LogP contribution in [0, 0.1) is 0 Å². The van der Waals surface area contributed by atoms with E-state index >= 15 is 0 Å². The Hall–Kier alpha value is -1.18. The zero-order chi connectivity index (χ0) is 14.1. The van der Waals surface area contributed by atoms with Gasteiger partial charge in [-0.15, -0.1) is 0 Å². The summed E-state index contributed by atoms with van der Waals surface area (Å²) in [4.78, 5) is 12.5. The molecule has 20 heavy (non-hydrogen) atoms. The SMILES string of the molecule is Clc1ncc(Br)cc1NCc1cnc2cnc(Br)cn12. The smallest absolute Gasteiger partial charge is 0.155 e. The average Bonchev–Trinajstić information content (AvgIpc) is 2.82. The second kappa shape index (κ2) is 5.67. The van der Waals surface area contributed by atoms with Gasteiger partial charge in [-0.25, -0.2) is 15.0 Å². The molecule has 0 radical (unpaired) electrons. The molecule has 1 N–H and O–H groups in total. The van der Waals surface area contributed by atoms with Crippen molar-refractivity contribution in [3.05, 3.63) is 50.8 Å². The number of hydrogen-bond donors (Lipinski definition) is 1. The van der Waals surface area contributed by atoms with E-state index in [0.29, 0.717) is 11.7 Å². The predicted molar refractivity (Wildman–Crippen MR) is 85.0 cm³/mol. The first kappa shape index (κ1) is 13.8.